The summed E-state index contributed by atoms with van der Waals surface area (Å²) in [5, 5.41) is 11.6. The van der Waals surface area contributed by atoms with Crippen LogP contribution in [0.1, 0.15) is 47.4 Å². The van der Waals surface area contributed by atoms with Crippen molar-refractivity contribution in [2.24, 2.45) is 17.3 Å². The summed E-state index contributed by atoms with van der Waals surface area (Å²) in [6.07, 6.45) is 0.133. The first kappa shape index (κ1) is 23.0. The van der Waals surface area contributed by atoms with Gasteiger partial charge in [-0.1, -0.05) is 19.9 Å². The summed E-state index contributed by atoms with van der Waals surface area (Å²) in [6.45, 7) is 5.12. The number of hydrogen-bond donors (Lipinski definition) is 2. The summed E-state index contributed by atoms with van der Waals surface area (Å²) in [7, 11) is 0. The third-order valence-corrected chi connectivity index (χ3v) is 7.74. The molecular weight excluding hydrogens is 456 g/mol. The molecule has 1 aromatic carbocycles. The average Bonchev–Trinajstić information content (AvgIpc) is 3.32. The van der Waals surface area contributed by atoms with Gasteiger partial charge in [0, 0.05) is 32.6 Å². The lowest BCUT2D eigenvalue weighted by atomic mass is 10.0. The van der Waals surface area contributed by atoms with E-state index in [1.54, 1.807) is 36.9 Å². The zero-order chi connectivity index (χ0) is 25.2. The Hall–Kier alpha value is -3.76. The SMILES string of the molecule is CC1(C)C(C(=O)O)C1C(=O)N1CCN(c2cccc3c2C(=O)N(C2CCC(=O)NC2=O)C3=O)CC1. The van der Waals surface area contributed by atoms with E-state index >= 15 is 0 Å². The normalized spacial score (nSPS) is 27.6. The van der Waals surface area contributed by atoms with Gasteiger partial charge in [0.25, 0.3) is 11.8 Å². The van der Waals surface area contributed by atoms with E-state index in [1.165, 1.54) is 0 Å². The standard InChI is InChI=1S/C24H26N4O7/c1-24(2)17(18(24)23(34)35)22(33)27-10-8-26(9-11-27)13-5-3-4-12-16(13)21(32)28(20(12)31)14-6-7-15(29)25-19(14)30/h3-5,14,17-18H,6-11H2,1-2H3,(H,34,35)(H,25,29,30). The first-order chi connectivity index (χ1) is 16.5. The molecule has 2 saturated heterocycles. The van der Waals surface area contributed by atoms with Gasteiger partial charge in [0.2, 0.25) is 17.7 Å². The van der Waals surface area contributed by atoms with Crippen molar-refractivity contribution >= 4 is 41.2 Å². The Morgan fingerprint density at radius 2 is 1.69 bits per heavy atom. The van der Waals surface area contributed by atoms with E-state index in [1.807, 2.05) is 4.90 Å². The zero-order valence-corrected chi connectivity index (χ0v) is 19.4. The minimum Gasteiger partial charge on any atom is -0.481 e. The minimum absolute atomic E-state index is 0.0488. The van der Waals surface area contributed by atoms with Crippen LogP contribution in [0.5, 0.6) is 0 Å². The van der Waals surface area contributed by atoms with Gasteiger partial charge in [0.15, 0.2) is 0 Å². The van der Waals surface area contributed by atoms with Crippen molar-refractivity contribution in [2.75, 3.05) is 31.1 Å². The smallest absolute Gasteiger partial charge is 0.307 e. The summed E-state index contributed by atoms with van der Waals surface area (Å²) in [5.74, 6) is -4.59. The molecule has 4 aliphatic rings. The lowest BCUT2D eigenvalue weighted by Gasteiger charge is -2.37. The number of amides is 5. The molecule has 2 N–H and O–H groups in total. The molecule has 1 aromatic rings. The van der Waals surface area contributed by atoms with Crippen molar-refractivity contribution < 1.29 is 33.9 Å². The Morgan fingerprint density at radius 1 is 1.00 bits per heavy atom. The van der Waals surface area contributed by atoms with E-state index in [9.17, 15) is 33.9 Å². The molecule has 5 rings (SSSR count). The van der Waals surface area contributed by atoms with Crippen LogP contribution in [0.15, 0.2) is 18.2 Å². The molecule has 0 spiro atoms. The van der Waals surface area contributed by atoms with Crippen molar-refractivity contribution in [3.05, 3.63) is 29.3 Å². The average molecular weight is 482 g/mol. The highest BCUT2D eigenvalue weighted by Crippen LogP contribution is 2.59. The molecule has 3 fully saturated rings. The summed E-state index contributed by atoms with van der Waals surface area (Å²) in [5.41, 5.74) is 0.404. The third-order valence-electron chi connectivity index (χ3n) is 7.74. The lowest BCUT2D eigenvalue weighted by Crippen LogP contribution is -2.54. The van der Waals surface area contributed by atoms with Crippen molar-refractivity contribution in [1.82, 2.24) is 15.1 Å². The van der Waals surface area contributed by atoms with Crippen molar-refractivity contribution in [3.63, 3.8) is 0 Å². The molecule has 184 valence electrons. The number of aliphatic carboxylic acids is 1. The molecule has 11 nitrogen and oxygen atoms in total. The van der Waals surface area contributed by atoms with Crippen LogP contribution in [0, 0.1) is 17.3 Å². The number of nitrogens with one attached hydrogen (secondary N) is 1. The number of carboxylic acid groups (broad SMARTS) is 1. The fourth-order valence-corrected chi connectivity index (χ4v) is 5.68. The van der Waals surface area contributed by atoms with E-state index in [-0.39, 0.29) is 29.9 Å². The van der Waals surface area contributed by atoms with Gasteiger partial charge in [-0.2, -0.15) is 0 Å². The number of anilines is 1. The van der Waals surface area contributed by atoms with Crippen LogP contribution < -0.4 is 10.2 Å². The first-order valence-corrected chi connectivity index (χ1v) is 11.6. The van der Waals surface area contributed by atoms with Gasteiger partial charge in [-0.25, -0.2) is 0 Å². The van der Waals surface area contributed by atoms with Crippen LogP contribution in [0.3, 0.4) is 0 Å². The number of benzene rings is 1. The third kappa shape index (κ3) is 3.48. The maximum absolute atomic E-state index is 13.3. The van der Waals surface area contributed by atoms with Gasteiger partial charge < -0.3 is 14.9 Å². The van der Waals surface area contributed by atoms with Crippen LogP contribution in [0.2, 0.25) is 0 Å². The fourth-order valence-electron chi connectivity index (χ4n) is 5.68. The number of piperazine rings is 1. The molecule has 11 heteroatoms. The van der Waals surface area contributed by atoms with Crippen LogP contribution in [0.25, 0.3) is 0 Å². The molecule has 3 aliphatic heterocycles. The van der Waals surface area contributed by atoms with E-state index in [2.05, 4.69) is 5.32 Å². The lowest BCUT2D eigenvalue weighted by molar-refractivity contribution is -0.142. The van der Waals surface area contributed by atoms with Crippen molar-refractivity contribution in [3.8, 4) is 0 Å². The topological polar surface area (TPSA) is 144 Å². The fraction of sp³-hybridized carbons (Fsp3) is 0.500. The highest BCUT2D eigenvalue weighted by Gasteiger charge is 2.66. The molecule has 0 radical (unpaired) electrons. The predicted octanol–water partition coefficient (Wildman–Crippen LogP) is 0.0932. The molecule has 1 saturated carbocycles. The Bertz CT molecular complexity index is 1180. The summed E-state index contributed by atoms with van der Waals surface area (Å²) in [4.78, 5) is 79.2. The second kappa shape index (κ2) is 7.89. The van der Waals surface area contributed by atoms with E-state index in [4.69, 9.17) is 0 Å². The van der Waals surface area contributed by atoms with E-state index < -0.39 is 52.9 Å². The number of imide groups is 2. The summed E-state index contributed by atoms with van der Waals surface area (Å²) in [6, 6.07) is 3.92. The molecular formula is C24H26N4O7. The van der Waals surface area contributed by atoms with Gasteiger partial charge in [-0.3, -0.25) is 39.0 Å². The van der Waals surface area contributed by atoms with Gasteiger partial charge in [-0.15, -0.1) is 0 Å². The molecule has 1 aliphatic carbocycles. The van der Waals surface area contributed by atoms with Crippen LogP contribution in [-0.2, 0) is 19.2 Å². The summed E-state index contributed by atoms with van der Waals surface area (Å²) >= 11 is 0. The van der Waals surface area contributed by atoms with Crippen LogP contribution in [0.4, 0.5) is 5.69 Å². The molecule has 35 heavy (non-hydrogen) atoms. The number of hydrogen-bond acceptors (Lipinski definition) is 7. The molecule has 5 amide bonds. The molecule has 0 aromatic heterocycles. The number of carboxylic acids is 1. The highest BCUT2D eigenvalue weighted by molar-refractivity contribution is 6.25. The maximum atomic E-state index is 13.3. The maximum Gasteiger partial charge on any atom is 0.307 e. The molecule has 3 heterocycles. The van der Waals surface area contributed by atoms with Gasteiger partial charge in [-0.05, 0) is 24.0 Å². The van der Waals surface area contributed by atoms with Crippen molar-refractivity contribution in [1.29, 1.82) is 0 Å². The summed E-state index contributed by atoms with van der Waals surface area (Å²) < 4.78 is 0. The Morgan fingerprint density at radius 3 is 2.29 bits per heavy atom. The highest BCUT2D eigenvalue weighted by atomic mass is 16.4. The number of carbonyl (C=O) groups excluding carboxylic acids is 5. The van der Waals surface area contributed by atoms with Gasteiger partial charge in [0.05, 0.1) is 28.7 Å². The van der Waals surface area contributed by atoms with Crippen molar-refractivity contribution in [2.45, 2.75) is 32.7 Å². The first-order valence-electron chi connectivity index (χ1n) is 11.6. The second-order valence-electron chi connectivity index (χ2n) is 10.1. The molecule has 3 unspecified atom stereocenters. The molecule has 0 bridgehead atoms. The molecule has 3 atom stereocenters. The van der Waals surface area contributed by atoms with E-state index in [0.717, 1.165) is 4.90 Å². The quantitative estimate of drug-likeness (QED) is 0.575. The Balaban J connectivity index is 1.32. The van der Waals surface area contributed by atoms with Crippen LogP contribution >= 0.6 is 0 Å². The number of nitrogens with zero attached hydrogens (tertiary/aromatic N) is 3. The van der Waals surface area contributed by atoms with Crippen LogP contribution in [-0.4, -0.2) is 82.6 Å². The second-order valence-corrected chi connectivity index (χ2v) is 10.1. The number of rotatable bonds is 4. The zero-order valence-electron chi connectivity index (χ0n) is 19.4. The number of fused-ring (bicyclic) bond motifs is 1. The number of piperidine rings is 1. The Kier molecular flexibility index (Phi) is 5.19. The predicted molar refractivity (Wildman–Crippen MR) is 120 cm³/mol. The largest absolute Gasteiger partial charge is 0.481 e. The Labute approximate surface area is 201 Å². The minimum atomic E-state index is -1.04. The van der Waals surface area contributed by atoms with E-state index in [0.29, 0.717) is 31.9 Å². The van der Waals surface area contributed by atoms with Gasteiger partial charge >= 0.3 is 5.97 Å². The van der Waals surface area contributed by atoms with Gasteiger partial charge in [0.1, 0.15) is 6.04 Å². The number of carbonyl (C=O) groups is 6. The monoisotopic (exact) mass is 482 g/mol.